The maximum absolute atomic E-state index is 13.1. The summed E-state index contributed by atoms with van der Waals surface area (Å²) in [4.78, 5) is 6.89. The third kappa shape index (κ3) is 6.62. The van der Waals surface area contributed by atoms with Gasteiger partial charge in [-0.2, -0.15) is 0 Å². The third-order valence-corrected chi connectivity index (χ3v) is 5.47. The van der Waals surface area contributed by atoms with Crippen LogP contribution in [0.3, 0.4) is 0 Å². The summed E-state index contributed by atoms with van der Waals surface area (Å²) < 4.78 is 18.7. The summed E-state index contributed by atoms with van der Waals surface area (Å²) in [5.74, 6) is -0.267. The third-order valence-electron chi connectivity index (χ3n) is 5.47. The molecule has 0 N–H and O–H groups in total. The summed E-state index contributed by atoms with van der Waals surface area (Å²) in [5.41, 5.74) is 1.57. The highest BCUT2D eigenvalue weighted by atomic mass is 19.1. The smallest absolute Gasteiger partial charge is 0.141 e. The fourth-order valence-corrected chi connectivity index (χ4v) is 4.30. The molecule has 0 aromatic carbocycles. The van der Waals surface area contributed by atoms with Gasteiger partial charge in [0.05, 0.1) is 19.4 Å². The number of aromatic nitrogens is 1. The van der Waals surface area contributed by atoms with Crippen LogP contribution in [0, 0.1) is 16.6 Å². The quantitative estimate of drug-likeness (QED) is 0.673. The minimum Gasteiger partial charge on any atom is -0.379 e. The molecule has 2 heterocycles. The average molecular weight is 365 g/mol. The van der Waals surface area contributed by atoms with Crippen LogP contribution in [0.4, 0.5) is 4.39 Å². The molecule has 26 heavy (non-hydrogen) atoms. The van der Waals surface area contributed by atoms with Crippen molar-refractivity contribution in [2.24, 2.45) is 10.8 Å². The van der Waals surface area contributed by atoms with E-state index in [0.29, 0.717) is 0 Å². The second-order valence-electron chi connectivity index (χ2n) is 10.1. The van der Waals surface area contributed by atoms with Gasteiger partial charge in [0, 0.05) is 24.3 Å². The number of pyridine rings is 1. The molecule has 0 aliphatic carbocycles. The van der Waals surface area contributed by atoms with Crippen LogP contribution in [0.5, 0.6) is 0 Å². The molecule has 1 saturated heterocycles. The lowest BCUT2D eigenvalue weighted by atomic mass is 9.73. The van der Waals surface area contributed by atoms with E-state index < -0.39 is 0 Å². The number of hydrogen-bond acceptors (Lipinski definition) is 3. The number of hydrogen-bond donors (Lipinski definition) is 0. The fraction of sp³-hybridized carbons (Fsp3) is 0.773. The van der Waals surface area contributed by atoms with E-state index in [4.69, 9.17) is 4.74 Å². The van der Waals surface area contributed by atoms with E-state index in [2.05, 4.69) is 51.4 Å². The van der Waals surface area contributed by atoms with E-state index in [1.54, 1.807) is 0 Å². The van der Waals surface area contributed by atoms with Gasteiger partial charge in [0.2, 0.25) is 0 Å². The van der Waals surface area contributed by atoms with E-state index in [-0.39, 0.29) is 22.2 Å². The van der Waals surface area contributed by atoms with Crippen LogP contribution in [0.1, 0.15) is 66.5 Å². The zero-order chi connectivity index (χ0) is 19.4. The first-order valence-electron chi connectivity index (χ1n) is 9.92. The molecule has 3 nitrogen and oxygen atoms in total. The molecule has 0 bridgehead atoms. The van der Waals surface area contributed by atoms with Gasteiger partial charge >= 0.3 is 0 Å². The number of nitrogens with zero attached hydrogens (tertiary/aromatic N) is 2. The predicted octanol–water partition coefficient (Wildman–Crippen LogP) is 5.10. The maximum atomic E-state index is 13.1. The first kappa shape index (κ1) is 21.3. The van der Waals surface area contributed by atoms with E-state index >= 15 is 0 Å². The van der Waals surface area contributed by atoms with Crippen molar-refractivity contribution >= 4 is 0 Å². The van der Waals surface area contributed by atoms with Crippen LogP contribution < -0.4 is 0 Å². The molecule has 0 amide bonds. The lowest BCUT2D eigenvalue weighted by molar-refractivity contribution is -0.0375. The molecule has 1 aliphatic rings. The Balaban J connectivity index is 2.05. The van der Waals surface area contributed by atoms with Gasteiger partial charge in [-0.1, -0.05) is 34.6 Å². The Morgan fingerprint density at radius 1 is 1.04 bits per heavy atom. The van der Waals surface area contributed by atoms with Crippen LogP contribution in [-0.4, -0.2) is 41.7 Å². The standard InChI is InChI=1S/C22H37FN2O/c1-20(2,3)17-22(6,25-11-13-26-14-12-25)10-9-21(4,5)15-19-8-7-18(23)16-24-19/h7-8,16H,9-15,17H2,1-6H3. The van der Waals surface area contributed by atoms with Crippen LogP contribution >= 0.6 is 0 Å². The van der Waals surface area contributed by atoms with Crippen molar-refractivity contribution in [1.29, 1.82) is 0 Å². The number of morpholine rings is 1. The predicted molar refractivity (Wildman–Crippen MR) is 106 cm³/mol. The highest BCUT2D eigenvalue weighted by Gasteiger charge is 2.37. The van der Waals surface area contributed by atoms with Gasteiger partial charge in [0.15, 0.2) is 0 Å². The van der Waals surface area contributed by atoms with E-state index in [1.165, 1.54) is 18.7 Å². The largest absolute Gasteiger partial charge is 0.379 e. The van der Waals surface area contributed by atoms with Gasteiger partial charge in [0.25, 0.3) is 0 Å². The van der Waals surface area contributed by atoms with Crippen molar-refractivity contribution in [3.05, 3.63) is 29.8 Å². The van der Waals surface area contributed by atoms with Crippen LogP contribution in [0.15, 0.2) is 18.3 Å². The molecule has 1 fully saturated rings. The average Bonchev–Trinajstić information content (AvgIpc) is 2.55. The second kappa shape index (κ2) is 8.35. The molecule has 1 aliphatic heterocycles. The summed E-state index contributed by atoms with van der Waals surface area (Å²) >= 11 is 0. The summed E-state index contributed by atoms with van der Waals surface area (Å²) in [5, 5.41) is 0. The Kier molecular flexibility index (Phi) is 6.84. The number of halogens is 1. The zero-order valence-corrected chi connectivity index (χ0v) is 17.6. The minimum absolute atomic E-state index is 0.135. The Labute approximate surface area is 159 Å². The second-order valence-corrected chi connectivity index (χ2v) is 10.1. The fourth-order valence-electron chi connectivity index (χ4n) is 4.30. The Hall–Kier alpha value is -1.00. The molecule has 1 atom stereocenters. The van der Waals surface area contributed by atoms with Crippen molar-refractivity contribution in [1.82, 2.24) is 9.88 Å². The number of ether oxygens (including phenoxy) is 1. The summed E-state index contributed by atoms with van der Waals surface area (Å²) in [6, 6.07) is 3.32. The molecular formula is C22H37FN2O. The van der Waals surface area contributed by atoms with Crippen LogP contribution in [0.2, 0.25) is 0 Å². The Morgan fingerprint density at radius 3 is 2.23 bits per heavy atom. The van der Waals surface area contributed by atoms with Crippen molar-refractivity contribution in [3.63, 3.8) is 0 Å². The lowest BCUT2D eigenvalue weighted by Gasteiger charge is -2.47. The summed E-state index contributed by atoms with van der Waals surface area (Å²) in [7, 11) is 0. The lowest BCUT2D eigenvalue weighted by Crippen LogP contribution is -2.53. The van der Waals surface area contributed by atoms with Crippen molar-refractivity contribution < 1.29 is 9.13 Å². The normalized spacial score (nSPS) is 19.3. The van der Waals surface area contributed by atoms with Crippen molar-refractivity contribution in [2.45, 2.75) is 72.8 Å². The Bertz CT molecular complexity index is 559. The molecular weight excluding hydrogens is 327 g/mol. The van der Waals surface area contributed by atoms with Crippen LogP contribution in [-0.2, 0) is 11.2 Å². The topological polar surface area (TPSA) is 25.4 Å². The van der Waals surface area contributed by atoms with Gasteiger partial charge in [0.1, 0.15) is 5.82 Å². The summed E-state index contributed by atoms with van der Waals surface area (Å²) in [6.07, 6.45) is 5.64. The zero-order valence-electron chi connectivity index (χ0n) is 17.6. The van der Waals surface area contributed by atoms with Crippen LogP contribution in [0.25, 0.3) is 0 Å². The van der Waals surface area contributed by atoms with Gasteiger partial charge in [-0.05, 0) is 55.6 Å². The van der Waals surface area contributed by atoms with Gasteiger partial charge < -0.3 is 4.74 Å². The highest BCUT2D eigenvalue weighted by Crippen LogP contribution is 2.39. The molecule has 0 radical (unpaired) electrons. The first-order chi connectivity index (χ1) is 12.0. The molecule has 2 rings (SSSR count). The minimum atomic E-state index is -0.267. The van der Waals surface area contributed by atoms with Gasteiger partial charge in [-0.3, -0.25) is 9.88 Å². The van der Waals surface area contributed by atoms with Crippen molar-refractivity contribution in [2.75, 3.05) is 26.3 Å². The van der Waals surface area contributed by atoms with E-state index in [1.807, 2.05) is 6.07 Å². The van der Waals surface area contributed by atoms with Crippen molar-refractivity contribution in [3.8, 4) is 0 Å². The molecule has 1 aromatic rings. The molecule has 1 unspecified atom stereocenters. The molecule has 1 aromatic heterocycles. The SMILES string of the molecule is CC(C)(C)CC(C)(CCC(C)(C)Cc1ccc(F)cn1)N1CCOCC1. The molecule has 4 heteroatoms. The highest BCUT2D eigenvalue weighted by molar-refractivity contribution is 5.07. The number of rotatable bonds is 7. The van der Waals surface area contributed by atoms with Gasteiger partial charge in [-0.25, -0.2) is 4.39 Å². The van der Waals surface area contributed by atoms with Gasteiger partial charge in [-0.15, -0.1) is 0 Å². The first-order valence-corrected chi connectivity index (χ1v) is 9.92. The Morgan fingerprint density at radius 2 is 1.69 bits per heavy atom. The molecule has 0 saturated carbocycles. The molecule has 148 valence electrons. The molecule has 0 spiro atoms. The maximum Gasteiger partial charge on any atom is 0.141 e. The monoisotopic (exact) mass is 364 g/mol. The van der Waals surface area contributed by atoms with E-state index in [9.17, 15) is 4.39 Å². The van der Waals surface area contributed by atoms with E-state index in [0.717, 1.165) is 51.3 Å². The summed E-state index contributed by atoms with van der Waals surface area (Å²) in [6.45, 7) is 17.7.